The van der Waals surface area contributed by atoms with Crippen molar-refractivity contribution in [3.8, 4) is 0 Å². The van der Waals surface area contributed by atoms with E-state index in [1.54, 1.807) is 0 Å². The van der Waals surface area contributed by atoms with Crippen molar-refractivity contribution >= 4 is 5.97 Å². The summed E-state index contributed by atoms with van der Waals surface area (Å²) in [5, 5.41) is 3.71. The summed E-state index contributed by atoms with van der Waals surface area (Å²) in [5.41, 5.74) is 0.353. The highest BCUT2D eigenvalue weighted by Gasteiger charge is 2.29. The summed E-state index contributed by atoms with van der Waals surface area (Å²) >= 11 is 0. The summed E-state index contributed by atoms with van der Waals surface area (Å²) in [6, 6.07) is 0.485. The van der Waals surface area contributed by atoms with Gasteiger partial charge in [0, 0.05) is 12.6 Å². The SMILES string of the molecule is CCCCCC(C)(C)CNC1CCCC(C(=O)OCC)C1. The lowest BCUT2D eigenvalue weighted by atomic mass is 9.83. The van der Waals surface area contributed by atoms with Crippen LogP contribution in [-0.4, -0.2) is 25.2 Å². The maximum Gasteiger partial charge on any atom is 0.308 e. The van der Waals surface area contributed by atoms with Gasteiger partial charge in [0.2, 0.25) is 0 Å². The van der Waals surface area contributed by atoms with Gasteiger partial charge in [-0.3, -0.25) is 4.79 Å². The molecule has 0 amide bonds. The number of esters is 1. The fourth-order valence-electron chi connectivity index (χ4n) is 3.21. The molecule has 0 saturated heterocycles. The summed E-state index contributed by atoms with van der Waals surface area (Å²) < 4.78 is 5.17. The normalized spacial score (nSPS) is 23.0. The highest BCUT2D eigenvalue weighted by Crippen LogP contribution is 2.27. The van der Waals surface area contributed by atoms with Crippen LogP contribution in [0.1, 0.15) is 79.1 Å². The highest BCUT2D eigenvalue weighted by atomic mass is 16.5. The van der Waals surface area contributed by atoms with Gasteiger partial charge in [-0.15, -0.1) is 0 Å². The van der Waals surface area contributed by atoms with Crippen LogP contribution in [-0.2, 0) is 9.53 Å². The summed E-state index contributed by atoms with van der Waals surface area (Å²) in [7, 11) is 0. The summed E-state index contributed by atoms with van der Waals surface area (Å²) in [5.74, 6) is 0.116. The molecule has 0 aliphatic heterocycles. The smallest absolute Gasteiger partial charge is 0.308 e. The molecule has 0 aromatic carbocycles. The fraction of sp³-hybridized carbons (Fsp3) is 0.944. The minimum atomic E-state index is 0.00575. The predicted molar refractivity (Wildman–Crippen MR) is 88.3 cm³/mol. The first-order valence-electron chi connectivity index (χ1n) is 8.88. The second-order valence-electron chi connectivity index (χ2n) is 7.31. The van der Waals surface area contributed by atoms with Crippen LogP contribution in [0, 0.1) is 11.3 Å². The maximum absolute atomic E-state index is 11.9. The van der Waals surface area contributed by atoms with Gasteiger partial charge in [0.25, 0.3) is 0 Å². The van der Waals surface area contributed by atoms with Crippen molar-refractivity contribution in [3.05, 3.63) is 0 Å². The first kappa shape index (κ1) is 18.5. The molecule has 0 radical (unpaired) electrons. The zero-order valence-corrected chi connectivity index (χ0v) is 14.5. The quantitative estimate of drug-likeness (QED) is 0.509. The van der Waals surface area contributed by atoms with Gasteiger partial charge in [-0.1, -0.05) is 46.5 Å². The van der Waals surface area contributed by atoms with Gasteiger partial charge in [-0.2, -0.15) is 0 Å². The Balaban J connectivity index is 2.32. The lowest BCUT2D eigenvalue weighted by Gasteiger charge is -2.32. The predicted octanol–water partition coefficient (Wildman–Crippen LogP) is 4.30. The number of hydrogen-bond acceptors (Lipinski definition) is 3. The average Bonchev–Trinajstić information content (AvgIpc) is 2.46. The average molecular weight is 297 g/mol. The van der Waals surface area contributed by atoms with Crippen LogP contribution in [0.15, 0.2) is 0 Å². The Kier molecular flexibility index (Phi) is 8.31. The number of ether oxygens (including phenoxy) is 1. The molecule has 1 fully saturated rings. The highest BCUT2D eigenvalue weighted by molar-refractivity contribution is 5.72. The second kappa shape index (κ2) is 9.45. The third-order valence-corrected chi connectivity index (χ3v) is 4.62. The van der Waals surface area contributed by atoms with E-state index in [1.807, 2.05) is 6.92 Å². The van der Waals surface area contributed by atoms with E-state index in [2.05, 4.69) is 26.1 Å². The number of carbonyl (C=O) groups is 1. The second-order valence-corrected chi connectivity index (χ2v) is 7.31. The van der Waals surface area contributed by atoms with Gasteiger partial charge in [-0.05, 0) is 38.0 Å². The number of hydrogen-bond donors (Lipinski definition) is 1. The van der Waals surface area contributed by atoms with Crippen LogP contribution in [0.25, 0.3) is 0 Å². The Labute approximate surface area is 131 Å². The van der Waals surface area contributed by atoms with Crippen LogP contribution in [0.4, 0.5) is 0 Å². The molecule has 1 aliphatic carbocycles. The van der Waals surface area contributed by atoms with Crippen molar-refractivity contribution in [2.45, 2.75) is 85.1 Å². The molecule has 0 bridgehead atoms. The van der Waals surface area contributed by atoms with Gasteiger partial charge in [-0.25, -0.2) is 0 Å². The molecule has 0 aromatic heterocycles. The molecule has 1 rings (SSSR count). The largest absolute Gasteiger partial charge is 0.466 e. The van der Waals surface area contributed by atoms with Gasteiger partial charge >= 0.3 is 5.97 Å². The summed E-state index contributed by atoms with van der Waals surface area (Å²) in [6.07, 6.45) is 9.49. The fourth-order valence-corrected chi connectivity index (χ4v) is 3.21. The maximum atomic E-state index is 11.9. The number of rotatable bonds is 9. The van der Waals surface area contributed by atoms with E-state index in [4.69, 9.17) is 4.74 Å². The molecule has 1 aliphatic rings. The van der Waals surface area contributed by atoms with Crippen molar-refractivity contribution in [1.29, 1.82) is 0 Å². The van der Waals surface area contributed by atoms with Gasteiger partial charge in [0.15, 0.2) is 0 Å². The molecular weight excluding hydrogens is 262 g/mol. The lowest BCUT2D eigenvalue weighted by Crippen LogP contribution is -2.41. The molecule has 2 atom stereocenters. The van der Waals surface area contributed by atoms with Crippen molar-refractivity contribution in [1.82, 2.24) is 5.32 Å². The zero-order chi connectivity index (χ0) is 15.7. The van der Waals surface area contributed by atoms with Crippen LogP contribution >= 0.6 is 0 Å². The summed E-state index contributed by atoms with van der Waals surface area (Å²) in [6.45, 7) is 10.4. The van der Waals surface area contributed by atoms with Gasteiger partial charge in [0.1, 0.15) is 0 Å². The molecule has 3 heteroatoms. The molecule has 1 saturated carbocycles. The third kappa shape index (κ3) is 7.30. The molecule has 0 aromatic rings. The Morgan fingerprint density at radius 1 is 1.24 bits per heavy atom. The minimum absolute atomic E-state index is 0.00575. The van der Waals surface area contributed by atoms with E-state index < -0.39 is 0 Å². The first-order valence-corrected chi connectivity index (χ1v) is 8.88. The van der Waals surface area contributed by atoms with Gasteiger partial charge < -0.3 is 10.1 Å². The van der Waals surface area contributed by atoms with E-state index in [0.29, 0.717) is 18.1 Å². The van der Waals surface area contributed by atoms with E-state index in [1.165, 1.54) is 32.1 Å². The lowest BCUT2D eigenvalue weighted by molar-refractivity contribution is -0.149. The van der Waals surface area contributed by atoms with Gasteiger partial charge in [0.05, 0.1) is 12.5 Å². The van der Waals surface area contributed by atoms with Crippen molar-refractivity contribution in [2.24, 2.45) is 11.3 Å². The van der Waals surface area contributed by atoms with Crippen LogP contribution < -0.4 is 5.32 Å². The Morgan fingerprint density at radius 2 is 2.00 bits per heavy atom. The Hall–Kier alpha value is -0.570. The zero-order valence-electron chi connectivity index (χ0n) is 14.5. The third-order valence-electron chi connectivity index (χ3n) is 4.62. The van der Waals surface area contributed by atoms with Crippen molar-refractivity contribution < 1.29 is 9.53 Å². The molecular formula is C18H35NO2. The Morgan fingerprint density at radius 3 is 2.67 bits per heavy atom. The molecule has 21 heavy (non-hydrogen) atoms. The van der Waals surface area contributed by atoms with Crippen LogP contribution in [0.2, 0.25) is 0 Å². The first-order chi connectivity index (χ1) is 9.98. The van der Waals surface area contributed by atoms with Crippen LogP contribution in [0.3, 0.4) is 0 Å². The topological polar surface area (TPSA) is 38.3 Å². The van der Waals surface area contributed by atoms with Crippen molar-refractivity contribution in [3.63, 3.8) is 0 Å². The number of nitrogens with one attached hydrogen (secondary N) is 1. The molecule has 0 heterocycles. The molecule has 124 valence electrons. The van der Waals surface area contributed by atoms with E-state index in [0.717, 1.165) is 25.8 Å². The minimum Gasteiger partial charge on any atom is -0.466 e. The number of unbranched alkanes of at least 4 members (excludes halogenated alkanes) is 2. The molecule has 0 spiro atoms. The Bertz CT molecular complexity index is 302. The standard InChI is InChI=1S/C18H35NO2/c1-5-7-8-12-18(3,4)14-19-16-11-9-10-15(13-16)17(20)21-6-2/h15-16,19H,5-14H2,1-4H3. The van der Waals surface area contributed by atoms with E-state index in [9.17, 15) is 4.79 Å². The molecule has 2 unspecified atom stereocenters. The summed E-state index contributed by atoms with van der Waals surface area (Å²) in [4.78, 5) is 11.9. The van der Waals surface area contributed by atoms with E-state index in [-0.39, 0.29) is 11.9 Å². The molecule has 1 N–H and O–H groups in total. The van der Waals surface area contributed by atoms with Crippen molar-refractivity contribution in [2.75, 3.05) is 13.2 Å². The van der Waals surface area contributed by atoms with E-state index >= 15 is 0 Å². The van der Waals surface area contributed by atoms with Crippen LogP contribution in [0.5, 0.6) is 0 Å². The molecule has 3 nitrogen and oxygen atoms in total. The monoisotopic (exact) mass is 297 g/mol. The number of carbonyl (C=O) groups excluding carboxylic acids is 1.